The Morgan fingerprint density at radius 1 is 0.731 bits per heavy atom. The molecule has 1 aromatic heterocycles. The molecule has 0 radical (unpaired) electrons. The van der Waals surface area contributed by atoms with Crippen molar-refractivity contribution in [3.8, 4) is 11.4 Å². The number of H-pyrrole nitrogens is 1. The zero-order chi connectivity index (χ0) is 17.8. The first-order chi connectivity index (χ1) is 12.8. The van der Waals surface area contributed by atoms with Gasteiger partial charge in [0.2, 0.25) is 0 Å². The molecule has 0 amide bonds. The number of aromatic amines is 1. The highest BCUT2D eigenvalue weighted by Crippen LogP contribution is 2.34. The maximum atomic E-state index is 4.48. The van der Waals surface area contributed by atoms with E-state index >= 15 is 0 Å². The van der Waals surface area contributed by atoms with Gasteiger partial charge in [-0.1, -0.05) is 43.3 Å². The van der Waals surface area contributed by atoms with Gasteiger partial charge in [0, 0.05) is 34.5 Å². The molecule has 4 aromatic rings. The van der Waals surface area contributed by atoms with E-state index in [-0.39, 0.29) is 0 Å². The molecule has 1 N–H and O–H groups in total. The van der Waals surface area contributed by atoms with Crippen LogP contribution in [0.1, 0.15) is 12.6 Å². The van der Waals surface area contributed by atoms with Crippen LogP contribution in [0.25, 0.3) is 11.4 Å². The van der Waals surface area contributed by atoms with Crippen LogP contribution in [0.4, 0.5) is 17.1 Å². The Hall–Kier alpha value is -3.33. The Morgan fingerprint density at radius 3 is 1.77 bits per heavy atom. The molecule has 128 valence electrons. The summed E-state index contributed by atoms with van der Waals surface area (Å²) in [7, 11) is 0. The summed E-state index contributed by atoms with van der Waals surface area (Å²) in [5, 5.41) is 0. The van der Waals surface area contributed by atoms with Gasteiger partial charge in [0.25, 0.3) is 0 Å². The van der Waals surface area contributed by atoms with Crippen LogP contribution in [0, 0.1) is 0 Å². The Kier molecular flexibility index (Phi) is 4.52. The predicted octanol–water partition coefficient (Wildman–Crippen LogP) is 6.11. The fourth-order valence-corrected chi connectivity index (χ4v) is 3.06. The number of nitrogens with one attached hydrogen (secondary N) is 1. The van der Waals surface area contributed by atoms with E-state index in [1.165, 1.54) is 0 Å². The lowest BCUT2D eigenvalue weighted by atomic mass is 10.1. The van der Waals surface area contributed by atoms with Crippen LogP contribution in [-0.2, 0) is 6.42 Å². The summed E-state index contributed by atoms with van der Waals surface area (Å²) < 4.78 is 0. The van der Waals surface area contributed by atoms with E-state index in [0.29, 0.717) is 0 Å². The third-order valence-corrected chi connectivity index (χ3v) is 4.44. The van der Waals surface area contributed by atoms with Gasteiger partial charge < -0.3 is 9.88 Å². The zero-order valence-electron chi connectivity index (χ0n) is 14.8. The maximum Gasteiger partial charge on any atom is 0.137 e. The van der Waals surface area contributed by atoms with Crippen LogP contribution in [0.3, 0.4) is 0 Å². The number of aryl methyl sites for hydroxylation is 1. The van der Waals surface area contributed by atoms with E-state index in [2.05, 4.69) is 94.6 Å². The molecule has 0 bridgehead atoms. The number of hydrogen-bond donors (Lipinski definition) is 1. The van der Waals surface area contributed by atoms with Crippen molar-refractivity contribution in [3.05, 3.63) is 96.8 Å². The third kappa shape index (κ3) is 3.24. The highest BCUT2D eigenvalue weighted by atomic mass is 15.1. The van der Waals surface area contributed by atoms with Gasteiger partial charge in [0.15, 0.2) is 0 Å². The zero-order valence-corrected chi connectivity index (χ0v) is 14.8. The Morgan fingerprint density at radius 2 is 1.27 bits per heavy atom. The third-order valence-electron chi connectivity index (χ3n) is 4.44. The molecule has 26 heavy (non-hydrogen) atoms. The summed E-state index contributed by atoms with van der Waals surface area (Å²) in [5.74, 6) is 0.916. The summed E-state index contributed by atoms with van der Waals surface area (Å²) in [5.41, 5.74) is 5.64. The van der Waals surface area contributed by atoms with E-state index in [0.717, 1.165) is 40.6 Å². The summed E-state index contributed by atoms with van der Waals surface area (Å²) in [4.78, 5) is 10.1. The van der Waals surface area contributed by atoms with Gasteiger partial charge in [-0.25, -0.2) is 4.98 Å². The molecular formula is C23H21N3. The molecule has 3 heteroatoms. The van der Waals surface area contributed by atoms with E-state index in [4.69, 9.17) is 0 Å². The molecule has 0 saturated carbocycles. The molecule has 0 spiro atoms. The van der Waals surface area contributed by atoms with Crippen LogP contribution in [-0.4, -0.2) is 9.97 Å². The molecule has 3 aromatic carbocycles. The Labute approximate surface area is 154 Å². The molecule has 0 saturated heterocycles. The first kappa shape index (κ1) is 16.2. The van der Waals surface area contributed by atoms with Crippen molar-refractivity contribution >= 4 is 17.1 Å². The molecule has 0 fully saturated rings. The average Bonchev–Trinajstić information content (AvgIpc) is 3.20. The SMILES string of the molecule is CCc1cnc(-c2ccc(N(c3ccccc3)c3ccccc3)cc2)[nH]1. The van der Waals surface area contributed by atoms with E-state index < -0.39 is 0 Å². The van der Waals surface area contributed by atoms with Gasteiger partial charge in [0.05, 0.1) is 0 Å². The summed E-state index contributed by atoms with van der Waals surface area (Å²) >= 11 is 0. The van der Waals surface area contributed by atoms with Crippen molar-refractivity contribution in [2.45, 2.75) is 13.3 Å². The minimum atomic E-state index is 0.916. The van der Waals surface area contributed by atoms with Gasteiger partial charge in [-0.15, -0.1) is 0 Å². The lowest BCUT2D eigenvalue weighted by Gasteiger charge is -2.25. The first-order valence-corrected chi connectivity index (χ1v) is 8.89. The van der Waals surface area contributed by atoms with Crippen molar-refractivity contribution in [3.63, 3.8) is 0 Å². The van der Waals surface area contributed by atoms with E-state index in [1.54, 1.807) is 0 Å². The molecule has 4 rings (SSSR count). The van der Waals surface area contributed by atoms with Gasteiger partial charge in [-0.05, 0) is 55.0 Å². The second kappa shape index (κ2) is 7.28. The van der Waals surface area contributed by atoms with Crippen LogP contribution in [0.15, 0.2) is 91.1 Å². The van der Waals surface area contributed by atoms with Crippen LogP contribution < -0.4 is 4.90 Å². The Bertz CT molecular complexity index is 918. The van der Waals surface area contributed by atoms with Gasteiger partial charge in [0.1, 0.15) is 5.82 Å². The number of rotatable bonds is 5. The van der Waals surface area contributed by atoms with Gasteiger partial charge in [-0.3, -0.25) is 0 Å². The second-order valence-electron chi connectivity index (χ2n) is 6.16. The molecule has 0 aliphatic rings. The standard InChI is InChI=1S/C23H21N3/c1-2-19-17-24-23(25-19)18-13-15-22(16-14-18)26(20-9-5-3-6-10-20)21-11-7-4-8-12-21/h3-17H,2H2,1H3,(H,24,25). The van der Waals surface area contributed by atoms with Crippen molar-refractivity contribution in [1.29, 1.82) is 0 Å². The molecule has 3 nitrogen and oxygen atoms in total. The Balaban J connectivity index is 1.72. The topological polar surface area (TPSA) is 31.9 Å². The summed E-state index contributed by atoms with van der Waals surface area (Å²) in [6, 6.07) is 29.4. The van der Waals surface area contributed by atoms with Crippen molar-refractivity contribution in [1.82, 2.24) is 9.97 Å². The summed E-state index contributed by atoms with van der Waals surface area (Å²) in [6.07, 6.45) is 2.87. The number of aromatic nitrogens is 2. The molecule has 0 aliphatic carbocycles. The molecular weight excluding hydrogens is 318 g/mol. The van der Waals surface area contributed by atoms with Crippen LogP contribution in [0.2, 0.25) is 0 Å². The summed E-state index contributed by atoms with van der Waals surface area (Å²) in [6.45, 7) is 2.12. The van der Waals surface area contributed by atoms with Gasteiger partial charge in [-0.2, -0.15) is 0 Å². The van der Waals surface area contributed by atoms with E-state index in [1.807, 2.05) is 18.3 Å². The highest BCUT2D eigenvalue weighted by molar-refractivity contribution is 5.77. The van der Waals surface area contributed by atoms with Crippen LogP contribution in [0.5, 0.6) is 0 Å². The smallest absolute Gasteiger partial charge is 0.137 e. The average molecular weight is 339 g/mol. The number of hydrogen-bond acceptors (Lipinski definition) is 2. The predicted molar refractivity (Wildman–Crippen MR) is 108 cm³/mol. The quantitative estimate of drug-likeness (QED) is 0.476. The lowest BCUT2D eigenvalue weighted by Crippen LogP contribution is -2.09. The number of nitrogens with zero attached hydrogens (tertiary/aromatic N) is 2. The minimum absolute atomic E-state index is 0.916. The first-order valence-electron chi connectivity index (χ1n) is 8.89. The molecule has 0 unspecified atom stereocenters. The van der Waals surface area contributed by atoms with Crippen molar-refractivity contribution in [2.24, 2.45) is 0 Å². The maximum absolute atomic E-state index is 4.48. The number of para-hydroxylation sites is 2. The molecule has 0 atom stereocenters. The number of imidazole rings is 1. The van der Waals surface area contributed by atoms with Gasteiger partial charge >= 0.3 is 0 Å². The van der Waals surface area contributed by atoms with Crippen molar-refractivity contribution < 1.29 is 0 Å². The second-order valence-corrected chi connectivity index (χ2v) is 6.16. The fraction of sp³-hybridized carbons (Fsp3) is 0.0870. The monoisotopic (exact) mass is 339 g/mol. The highest BCUT2D eigenvalue weighted by Gasteiger charge is 2.12. The normalized spacial score (nSPS) is 10.7. The lowest BCUT2D eigenvalue weighted by molar-refractivity contribution is 1.07. The fourth-order valence-electron chi connectivity index (χ4n) is 3.06. The van der Waals surface area contributed by atoms with E-state index in [9.17, 15) is 0 Å². The molecule has 1 heterocycles. The largest absolute Gasteiger partial charge is 0.342 e. The number of anilines is 3. The molecule has 0 aliphatic heterocycles. The van der Waals surface area contributed by atoms with Crippen molar-refractivity contribution in [2.75, 3.05) is 4.90 Å². The van der Waals surface area contributed by atoms with Crippen LogP contribution >= 0.6 is 0 Å². The number of benzene rings is 3. The minimum Gasteiger partial charge on any atom is -0.342 e.